The second-order valence-corrected chi connectivity index (χ2v) is 7.59. The van der Waals surface area contributed by atoms with E-state index in [2.05, 4.69) is 4.98 Å². The molecule has 1 unspecified atom stereocenters. The average Bonchev–Trinajstić information content (AvgIpc) is 3.00. The van der Waals surface area contributed by atoms with E-state index in [0.717, 1.165) is 33.6 Å². The maximum atomic E-state index is 12.8. The van der Waals surface area contributed by atoms with Gasteiger partial charge in [-0.25, -0.2) is 0 Å². The Labute approximate surface area is 174 Å². The van der Waals surface area contributed by atoms with Crippen molar-refractivity contribution in [3.05, 3.63) is 69.3 Å². The van der Waals surface area contributed by atoms with E-state index in [1.807, 2.05) is 47.4 Å². The van der Waals surface area contributed by atoms with Crippen molar-refractivity contribution in [1.29, 1.82) is 0 Å². The van der Waals surface area contributed by atoms with Gasteiger partial charge in [-0.05, 0) is 54.3 Å². The summed E-state index contributed by atoms with van der Waals surface area (Å²) < 4.78 is 0. The fourth-order valence-electron chi connectivity index (χ4n) is 3.60. The first-order valence-electron chi connectivity index (χ1n) is 8.59. The molecule has 1 atom stereocenters. The molecule has 2 heterocycles. The minimum Gasteiger partial charge on any atom is -0.357 e. The van der Waals surface area contributed by atoms with Crippen molar-refractivity contribution >= 4 is 52.4 Å². The topological polar surface area (TPSA) is 62.1 Å². The number of amides is 1. The highest BCUT2D eigenvalue weighted by atomic mass is 35.5. The highest BCUT2D eigenvalue weighted by molar-refractivity contribution is 6.31. The van der Waals surface area contributed by atoms with Crippen LogP contribution in [0.3, 0.4) is 0 Å². The van der Waals surface area contributed by atoms with Gasteiger partial charge in [0.1, 0.15) is 0 Å². The third-order valence-electron chi connectivity index (χ3n) is 4.94. The fourth-order valence-corrected chi connectivity index (χ4v) is 3.90. The molecule has 0 spiro atoms. The molecule has 1 amide bonds. The Balaban J connectivity index is 0.00000210. The highest BCUT2D eigenvalue weighted by Crippen LogP contribution is 2.29. The molecule has 1 aromatic heterocycles. The van der Waals surface area contributed by atoms with Gasteiger partial charge in [-0.3, -0.25) is 4.79 Å². The number of rotatable bonds is 3. The molecule has 142 valence electrons. The first-order valence-corrected chi connectivity index (χ1v) is 9.34. The van der Waals surface area contributed by atoms with Gasteiger partial charge >= 0.3 is 0 Å². The summed E-state index contributed by atoms with van der Waals surface area (Å²) in [6.07, 6.45) is 1.30. The van der Waals surface area contributed by atoms with Gasteiger partial charge in [-0.2, -0.15) is 0 Å². The Morgan fingerprint density at radius 1 is 1.15 bits per heavy atom. The molecule has 27 heavy (non-hydrogen) atoms. The molecule has 4 nitrogen and oxygen atoms in total. The molecule has 0 radical (unpaired) electrons. The van der Waals surface area contributed by atoms with Crippen LogP contribution in [0.25, 0.3) is 10.9 Å². The first-order chi connectivity index (χ1) is 12.5. The van der Waals surface area contributed by atoms with E-state index in [1.165, 1.54) is 5.56 Å². The smallest absolute Gasteiger partial charge is 0.240 e. The minimum atomic E-state index is -0.559. The third-order valence-corrected chi connectivity index (χ3v) is 5.42. The zero-order valence-corrected chi connectivity index (χ0v) is 16.9. The number of nitrogens with two attached hydrogens (primary N) is 1. The van der Waals surface area contributed by atoms with Gasteiger partial charge in [-0.1, -0.05) is 35.3 Å². The SMILES string of the molecule is Cl.NC(Cc1ccc(Cl)cc1)C(=O)N1CCc2c([nH]c3ccc(Cl)cc23)C1. The van der Waals surface area contributed by atoms with Crippen LogP contribution in [0.15, 0.2) is 42.5 Å². The molecular formula is C20H20Cl3N3O. The molecular weight excluding hydrogens is 405 g/mol. The van der Waals surface area contributed by atoms with Crippen LogP contribution in [-0.4, -0.2) is 28.4 Å². The monoisotopic (exact) mass is 423 g/mol. The lowest BCUT2D eigenvalue weighted by Gasteiger charge is -2.29. The van der Waals surface area contributed by atoms with Crippen molar-refractivity contribution in [1.82, 2.24) is 9.88 Å². The van der Waals surface area contributed by atoms with E-state index >= 15 is 0 Å². The Kier molecular flexibility index (Phi) is 6.02. The van der Waals surface area contributed by atoms with Crippen LogP contribution in [0.5, 0.6) is 0 Å². The molecule has 0 bridgehead atoms. The first kappa shape index (κ1) is 20.0. The predicted molar refractivity (Wildman–Crippen MR) is 113 cm³/mol. The number of benzene rings is 2. The van der Waals surface area contributed by atoms with E-state index in [9.17, 15) is 4.79 Å². The van der Waals surface area contributed by atoms with Crippen molar-refractivity contribution in [2.24, 2.45) is 5.73 Å². The van der Waals surface area contributed by atoms with Gasteiger partial charge in [0, 0.05) is 33.2 Å². The number of hydrogen-bond donors (Lipinski definition) is 2. The van der Waals surface area contributed by atoms with Crippen LogP contribution >= 0.6 is 35.6 Å². The Bertz CT molecular complexity index is 969. The minimum absolute atomic E-state index is 0. The second kappa shape index (κ2) is 8.11. The van der Waals surface area contributed by atoms with Crippen LogP contribution in [0.4, 0.5) is 0 Å². The van der Waals surface area contributed by atoms with Gasteiger partial charge in [0.05, 0.1) is 12.6 Å². The van der Waals surface area contributed by atoms with Crippen LogP contribution in [0.2, 0.25) is 10.0 Å². The predicted octanol–water partition coefficient (Wildman–Crippen LogP) is 4.35. The summed E-state index contributed by atoms with van der Waals surface area (Å²) in [5.74, 6) is -0.0257. The van der Waals surface area contributed by atoms with Crippen LogP contribution in [-0.2, 0) is 24.2 Å². The van der Waals surface area contributed by atoms with Gasteiger partial charge in [0.2, 0.25) is 5.91 Å². The number of carbonyl (C=O) groups is 1. The molecule has 7 heteroatoms. The number of nitrogens with zero attached hydrogens (tertiary/aromatic N) is 1. The number of halogens is 3. The number of aromatic nitrogens is 1. The van der Waals surface area contributed by atoms with Gasteiger partial charge in [0.15, 0.2) is 0 Å². The number of nitrogens with one attached hydrogen (secondary N) is 1. The summed E-state index contributed by atoms with van der Waals surface area (Å²) in [5, 5.41) is 2.55. The van der Waals surface area contributed by atoms with Crippen LogP contribution < -0.4 is 5.73 Å². The number of fused-ring (bicyclic) bond motifs is 3. The molecule has 2 aromatic carbocycles. The summed E-state index contributed by atoms with van der Waals surface area (Å²) >= 11 is 12.0. The summed E-state index contributed by atoms with van der Waals surface area (Å²) in [6, 6.07) is 12.7. The number of hydrogen-bond acceptors (Lipinski definition) is 2. The van der Waals surface area contributed by atoms with E-state index in [0.29, 0.717) is 24.5 Å². The Morgan fingerprint density at radius 3 is 2.59 bits per heavy atom. The maximum absolute atomic E-state index is 12.8. The Morgan fingerprint density at radius 2 is 1.85 bits per heavy atom. The lowest BCUT2D eigenvalue weighted by Crippen LogP contribution is -2.46. The van der Waals surface area contributed by atoms with Gasteiger partial charge < -0.3 is 15.6 Å². The molecule has 0 fully saturated rings. The van der Waals surface area contributed by atoms with Crippen molar-refractivity contribution < 1.29 is 4.79 Å². The summed E-state index contributed by atoms with van der Waals surface area (Å²) in [4.78, 5) is 18.0. The largest absolute Gasteiger partial charge is 0.357 e. The number of aromatic amines is 1. The summed E-state index contributed by atoms with van der Waals surface area (Å²) in [5.41, 5.74) is 10.6. The molecule has 0 aliphatic carbocycles. The van der Waals surface area contributed by atoms with E-state index in [4.69, 9.17) is 28.9 Å². The normalized spacial score (nSPS) is 14.6. The average molecular weight is 425 g/mol. The Hall–Kier alpha value is -1.72. The maximum Gasteiger partial charge on any atom is 0.240 e. The van der Waals surface area contributed by atoms with E-state index < -0.39 is 6.04 Å². The number of carbonyl (C=O) groups excluding carboxylic acids is 1. The quantitative estimate of drug-likeness (QED) is 0.656. The highest BCUT2D eigenvalue weighted by Gasteiger charge is 2.27. The van der Waals surface area contributed by atoms with Gasteiger partial charge in [0.25, 0.3) is 0 Å². The van der Waals surface area contributed by atoms with Crippen molar-refractivity contribution in [2.45, 2.75) is 25.4 Å². The number of H-pyrrole nitrogens is 1. The van der Waals surface area contributed by atoms with Crippen LogP contribution in [0.1, 0.15) is 16.8 Å². The van der Waals surface area contributed by atoms with Crippen LogP contribution in [0, 0.1) is 0 Å². The van der Waals surface area contributed by atoms with Crippen molar-refractivity contribution in [3.63, 3.8) is 0 Å². The van der Waals surface area contributed by atoms with Gasteiger partial charge in [-0.15, -0.1) is 12.4 Å². The lowest BCUT2D eigenvalue weighted by atomic mass is 10.0. The molecule has 4 rings (SSSR count). The molecule has 0 saturated carbocycles. The van der Waals surface area contributed by atoms with E-state index in [1.54, 1.807) is 0 Å². The van der Waals surface area contributed by atoms with Crippen molar-refractivity contribution in [2.75, 3.05) is 6.54 Å². The molecule has 1 aliphatic rings. The van der Waals surface area contributed by atoms with Crippen molar-refractivity contribution in [3.8, 4) is 0 Å². The lowest BCUT2D eigenvalue weighted by molar-refractivity contribution is -0.133. The molecule has 0 saturated heterocycles. The third kappa shape index (κ3) is 4.09. The zero-order chi connectivity index (χ0) is 18.3. The standard InChI is InChI=1S/C20H19Cl2N3O.ClH/c21-13-3-1-12(2-4-13)9-17(23)20(26)25-8-7-15-16-10-14(22)5-6-18(16)24-19(15)11-25;/h1-6,10,17,24H,7-9,11,23H2;1H. The molecule has 1 aliphatic heterocycles. The van der Waals surface area contributed by atoms with E-state index in [-0.39, 0.29) is 18.3 Å². The molecule has 3 aromatic rings. The fraction of sp³-hybridized carbons (Fsp3) is 0.250. The zero-order valence-electron chi connectivity index (χ0n) is 14.5. The summed E-state index contributed by atoms with van der Waals surface area (Å²) in [6.45, 7) is 1.22. The summed E-state index contributed by atoms with van der Waals surface area (Å²) in [7, 11) is 0. The second-order valence-electron chi connectivity index (χ2n) is 6.72. The molecule has 3 N–H and O–H groups in total.